The average Bonchev–Trinajstić information content (AvgIpc) is 2.58. The number of benzene rings is 2. The smallest absolute Gasteiger partial charge is 0.413 e. The van der Waals surface area contributed by atoms with Crippen LogP contribution in [-0.4, -0.2) is 24.2 Å². The summed E-state index contributed by atoms with van der Waals surface area (Å²) in [6.45, 7) is 1.38. The van der Waals surface area contributed by atoms with Crippen LogP contribution in [0, 0.1) is 0 Å². The number of hydrogen-bond acceptors (Lipinski definition) is 5. The van der Waals surface area contributed by atoms with Crippen molar-refractivity contribution in [2.45, 2.75) is 6.92 Å². The molecule has 7 nitrogen and oxygen atoms in total. The number of rotatable bonds is 4. The molecule has 26 heavy (non-hydrogen) atoms. The van der Waals surface area contributed by atoms with Crippen molar-refractivity contribution < 1.29 is 19.1 Å². The van der Waals surface area contributed by atoms with Gasteiger partial charge in [-0.25, -0.2) is 4.79 Å². The number of nitrogens with one attached hydrogen (secondary N) is 3. The predicted octanol–water partition coefficient (Wildman–Crippen LogP) is 4.14. The molecule has 2 rings (SSSR count). The third kappa shape index (κ3) is 5.91. The summed E-state index contributed by atoms with van der Waals surface area (Å²) < 4.78 is 10.2. The molecule has 9 heteroatoms. The molecule has 2 amide bonds. The molecule has 3 N–H and O–H groups in total. The third-order valence-electron chi connectivity index (χ3n) is 3.00. The third-order valence-corrected chi connectivity index (χ3v) is 3.46. The molecule has 0 heterocycles. The van der Waals surface area contributed by atoms with Crippen molar-refractivity contribution in [2.75, 3.05) is 17.7 Å². The van der Waals surface area contributed by atoms with Gasteiger partial charge in [-0.1, -0.05) is 11.6 Å². The Morgan fingerprint density at radius 3 is 2.27 bits per heavy atom. The molecule has 0 radical (unpaired) electrons. The van der Waals surface area contributed by atoms with E-state index in [2.05, 4.69) is 20.7 Å². The minimum Gasteiger partial charge on any atom is -0.457 e. The van der Waals surface area contributed by atoms with Gasteiger partial charge in [-0.05, 0) is 48.6 Å². The van der Waals surface area contributed by atoms with Crippen molar-refractivity contribution in [3.8, 4) is 11.5 Å². The number of ether oxygens (including phenoxy) is 2. The van der Waals surface area contributed by atoms with Gasteiger partial charge in [0.05, 0.1) is 18.5 Å². The SMILES string of the molecule is COC(=O)NC(=S)Nc1cc(Oc2ccc(Cl)cc2)ccc1NC(C)=O. The van der Waals surface area contributed by atoms with Crippen molar-refractivity contribution in [3.63, 3.8) is 0 Å². The normalized spacial score (nSPS) is 9.81. The lowest BCUT2D eigenvalue weighted by Gasteiger charge is -2.15. The molecule has 2 aromatic carbocycles. The molecule has 0 unspecified atom stereocenters. The summed E-state index contributed by atoms with van der Waals surface area (Å²) in [5.74, 6) is 0.818. The lowest BCUT2D eigenvalue weighted by molar-refractivity contribution is -0.114. The number of thiocarbonyl (C=S) groups is 1. The maximum absolute atomic E-state index is 11.4. The van der Waals surface area contributed by atoms with Gasteiger partial charge in [0, 0.05) is 18.0 Å². The van der Waals surface area contributed by atoms with Crippen LogP contribution in [-0.2, 0) is 9.53 Å². The number of anilines is 2. The minimum atomic E-state index is -0.711. The highest BCUT2D eigenvalue weighted by Gasteiger charge is 2.10. The quantitative estimate of drug-likeness (QED) is 0.676. The minimum absolute atomic E-state index is 0.00657. The van der Waals surface area contributed by atoms with Crippen LogP contribution < -0.4 is 20.7 Å². The maximum Gasteiger partial charge on any atom is 0.413 e. The zero-order chi connectivity index (χ0) is 19.1. The standard InChI is InChI=1S/C17H16ClN3O4S/c1-10(22)19-14-8-7-13(25-12-5-3-11(18)4-6-12)9-15(14)20-16(26)21-17(23)24-2/h3-9H,1-2H3,(H,19,22)(H2,20,21,23,26). The Labute approximate surface area is 160 Å². The Morgan fingerprint density at radius 1 is 1.00 bits per heavy atom. The van der Waals surface area contributed by atoms with Crippen LogP contribution in [0.25, 0.3) is 0 Å². The summed E-state index contributed by atoms with van der Waals surface area (Å²) >= 11 is 10.9. The van der Waals surface area contributed by atoms with Crippen molar-refractivity contribution in [2.24, 2.45) is 0 Å². The van der Waals surface area contributed by atoms with E-state index in [4.69, 9.17) is 28.6 Å². The molecule has 0 saturated heterocycles. The molecule has 2 aromatic rings. The highest BCUT2D eigenvalue weighted by molar-refractivity contribution is 7.80. The van der Waals surface area contributed by atoms with Gasteiger partial charge in [-0.2, -0.15) is 0 Å². The molecule has 0 fully saturated rings. The van der Waals surface area contributed by atoms with E-state index in [0.29, 0.717) is 27.9 Å². The Hall–Kier alpha value is -2.84. The summed E-state index contributed by atoms with van der Waals surface area (Å²) in [5, 5.41) is 8.42. The van der Waals surface area contributed by atoms with Crippen LogP contribution in [0.5, 0.6) is 11.5 Å². The van der Waals surface area contributed by atoms with Crippen LogP contribution in [0.2, 0.25) is 5.02 Å². The van der Waals surface area contributed by atoms with Crippen LogP contribution in [0.15, 0.2) is 42.5 Å². The Balaban J connectivity index is 2.23. The Bertz CT molecular complexity index is 827. The average molecular weight is 394 g/mol. The van der Waals surface area contributed by atoms with E-state index < -0.39 is 6.09 Å². The summed E-state index contributed by atoms with van der Waals surface area (Å²) in [6, 6.07) is 11.8. The summed E-state index contributed by atoms with van der Waals surface area (Å²) in [4.78, 5) is 22.6. The Kier molecular flexibility index (Phi) is 6.76. The molecule has 0 aromatic heterocycles. The first-order chi connectivity index (χ1) is 12.4. The molecule has 0 aliphatic rings. The molecule has 136 valence electrons. The van der Waals surface area contributed by atoms with E-state index in [-0.39, 0.29) is 11.0 Å². The number of carbonyl (C=O) groups excluding carboxylic acids is 2. The van der Waals surface area contributed by atoms with E-state index in [9.17, 15) is 9.59 Å². The highest BCUT2D eigenvalue weighted by atomic mass is 35.5. The summed E-state index contributed by atoms with van der Waals surface area (Å²) in [5.41, 5.74) is 0.906. The van der Waals surface area contributed by atoms with Gasteiger partial charge in [0.25, 0.3) is 0 Å². The second-order valence-corrected chi connectivity index (χ2v) is 5.86. The van der Waals surface area contributed by atoms with E-state index in [1.54, 1.807) is 42.5 Å². The van der Waals surface area contributed by atoms with E-state index >= 15 is 0 Å². The Morgan fingerprint density at radius 2 is 1.65 bits per heavy atom. The van der Waals surface area contributed by atoms with Gasteiger partial charge < -0.3 is 20.1 Å². The number of hydrogen-bond donors (Lipinski definition) is 3. The van der Waals surface area contributed by atoms with E-state index in [1.807, 2.05) is 0 Å². The van der Waals surface area contributed by atoms with Gasteiger partial charge in [-0.15, -0.1) is 0 Å². The zero-order valence-electron chi connectivity index (χ0n) is 14.0. The molecule has 0 atom stereocenters. The largest absolute Gasteiger partial charge is 0.457 e. The first-order valence-corrected chi connectivity index (χ1v) is 8.17. The summed E-state index contributed by atoms with van der Waals surface area (Å²) in [6.07, 6.45) is -0.711. The molecule has 0 saturated carbocycles. The topological polar surface area (TPSA) is 88.7 Å². The molecule has 0 aliphatic heterocycles. The van der Waals surface area contributed by atoms with Gasteiger partial charge in [0.1, 0.15) is 11.5 Å². The van der Waals surface area contributed by atoms with Crippen molar-refractivity contribution in [3.05, 3.63) is 47.5 Å². The fourth-order valence-electron chi connectivity index (χ4n) is 1.92. The van der Waals surface area contributed by atoms with Gasteiger partial charge >= 0.3 is 6.09 Å². The molecular formula is C17H16ClN3O4S. The molecule has 0 aliphatic carbocycles. The van der Waals surface area contributed by atoms with Gasteiger partial charge in [-0.3, -0.25) is 10.1 Å². The first kappa shape index (κ1) is 19.5. The van der Waals surface area contributed by atoms with Crippen molar-refractivity contribution in [1.29, 1.82) is 0 Å². The lowest BCUT2D eigenvalue weighted by atomic mass is 10.2. The first-order valence-electron chi connectivity index (χ1n) is 7.38. The molecule has 0 spiro atoms. The number of methoxy groups -OCH3 is 1. The monoisotopic (exact) mass is 393 g/mol. The van der Waals surface area contributed by atoms with Crippen molar-refractivity contribution in [1.82, 2.24) is 5.32 Å². The fraction of sp³-hybridized carbons (Fsp3) is 0.118. The number of alkyl carbamates (subject to hydrolysis) is 1. The second kappa shape index (κ2) is 9.02. The van der Waals surface area contributed by atoms with Crippen LogP contribution in [0.4, 0.5) is 16.2 Å². The molecule has 0 bridgehead atoms. The summed E-state index contributed by atoms with van der Waals surface area (Å²) in [7, 11) is 1.22. The fourth-order valence-corrected chi connectivity index (χ4v) is 2.24. The lowest BCUT2D eigenvalue weighted by Crippen LogP contribution is -2.34. The van der Waals surface area contributed by atoms with Crippen LogP contribution in [0.3, 0.4) is 0 Å². The second-order valence-electron chi connectivity index (χ2n) is 5.02. The van der Waals surface area contributed by atoms with Crippen LogP contribution in [0.1, 0.15) is 6.92 Å². The maximum atomic E-state index is 11.4. The van der Waals surface area contributed by atoms with E-state index in [1.165, 1.54) is 14.0 Å². The van der Waals surface area contributed by atoms with Crippen molar-refractivity contribution >= 4 is 52.3 Å². The van der Waals surface area contributed by atoms with Gasteiger partial charge in [0.15, 0.2) is 5.11 Å². The number of carbonyl (C=O) groups is 2. The number of amides is 2. The highest BCUT2D eigenvalue weighted by Crippen LogP contribution is 2.30. The van der Waals surface area contributed by atoms with E-state index in [0.717, 1.165) is 0 Å². The molecular weight excluding hydrogens is 378 g/mol. The number of halogens is 1. The predicted molar refractivity (Wildman–Crippen MR) is 104 cm³/mol. The van der Waals surface area contributed by atoms with Gasteiger partial charge in [0.2, 0.25) is 5.91 Å². The zero-order valence-corrected chi connectivity index (χ0v) is 15.5. The van der Waals surface area contributed by atoms with Crippen LogP contribution >= 0.6 is 23.8 Å².